The van der Waals surface area contributed by atoms with Crippen LogP contribution in [0.5, 0.6) is 0 Å². The Balaban J connectivity index is 1.97. The number of benzene rings is 2. The van der Waals surface area contributed by atoms with E-state index in [-0.39, 0.29) is 9.79 Å². The highest BCUT2D eigenvalue weighted by atomic mass is 35.5. The molecule has 0 N–H and O–H groups in total. The molecule has 28 heavy (non-hydrogen) atoms. The molecule has 1 aromatic heterocycles. The van der Waals surface area contributed by atoms with Crippen molar-refractivity contribution in [2.45, 2.75) is 23.1 Å². The van der Waals surface area contributed by atoms with Crippen molar-refractivity contribution in [3.8, 4) is 0 Å². The van der Waals surface area contributed by atoms with Gasteiger partial charge in [-0.3, -0.25) is 4.98 Å². The molecule has 1 aliphatic rings. The molecule has 2 aromatic carbocycles. The van der Waals surface area contributed by atoms with Crippen molar-refractivity contribution in [1.29, 1.82) is 0 Å². The van der Waals surface area contributed by atoms with Crippen molar-refractivity contribution in [3.05, 3.63) is 59.2 Å². The first-order valence-corrected chi connectivity index (χ1v) is 11.1. The van der Waals surface area contributed by atoms with Crippen molar-refractivity contribution in [2.24, 2.45) is 0 Å². The van der Waals surface area contributed by atoms with Gasteiger partial charge in [0.05, 0.1) is 29.3 Å². The molecule has 0 saturated carbocycles. The van der Waals surface area contributed by atoms with Crippen LogP contribution >= 0.6 is 11.6 Å². The van der Waals surface area contributed by atoms with Gasteiger partial charge in [0, 0.05) is 29.7 Å². The standard InChI is InChI=1S/C21H21ClN2O3S/c1-2-15-3-8-19-18(13-15)21(24-9-11-27-12-10-24)20(14-23-19)28(25,26)17-6-4-16(22)5-7-17/h3-8,13-14H,2,9-12H2,1H3. The number of sulfone groups is 1. The van der Waals surface area contributed by atoms with E-state index in [2.05, 4.69) is 16.8 Å². The van der Waals surface area contributed by atoms with Gasteiger partial charge in [0.2, 0.25) is 9.84 Å². The number of anilines is 1. The number of hydrogen-bond donors (Lipinski definition) is 0. The van der Waals surface area contributed by atoms with Crippen molar-refractivity contribution in [2.75, 3.05) is 31.2 Å². The van der Waals surface area contributed by atoms with Crippen LogP contribution in [0.15, 0.2) is 58.5 Å². The first-order valence-electron chi connectivity index (χ1n) is 9.25. The van der Waals surface area contributed by atoms with E-state index in [4.69, 9.17) is 16.3 Å². The van der Waals surface area contributed by atoms with Gasteiger partial charge in [-0.15, -0.1) is 0 Å². The summed E-state index contributed by atoms with van der Waals surface area (Å²) in [5.74, 6) is 0. The zero-order valence-electron chi connectivity index (χ0n) is 15.6. The molecule has 5 nitrogen and oxygen atoms in total. The number of fused-ring (bicyclic) bond motifs is 1. The second kappa shape index (κ2) is 7.70. The molecule has 4 rings (SSSR count). The highest BCUT2D eigenvalue weighted by Gasteiger charge is 2.27. The summed E-state index contributed by atoms with van der Waals surface area (Å²) in [4.78, 5) is 6.98. The van der Waals surface area contributed by atoms with E-state index in [1.165, 1.54) is 18.3 Å². The fraction of sp³-hybridized carbons (Fsp3) is 0.286. The molecule has 1 aliphatic heterocycles. The molecule has 0 atom stereocenters. The second-order valence-corrected chi connectivity index (χ2v) is 9.09. The summed E-state index contributed by atoms with van der Waals surface area (Å²) < 4.78 is 32.4. The third-order valence-corrected chi connectivity index (χ3v) is 7.04. The summed E-state index contributed by atoms with van der Waals surface area (Å²) in [6, 6.07) is 12.3. The fourth-order valence-electron chi connectivity index (χ4n) is 3.48. The van der Waals surface area contributed by atoms with Gasteiger partial charge in [-0.1, -0.05) is 24.6 Å². The SMILES string of the molecule is CCc1ccc2ncc(S(=O)(=O)c3ccc(Cl)cc3)c(N3CCOCC3)c2c1. The van der Waals surface area contributed by atoms with Crippen molar-refractivity contribution in [1.82, 2.24) is 4.98 Å². The Kier molecular flexibility index (Phi) is 5.27. The van der Waals surface area contributed by atoms with Crippen molar-refractivity contribution in [3.63, 3.8) is 0 Å². The van der Waals surface area contributed by atoms with Gasteiger partial charge < -0.3 is 9.64 Å². The quantitative estimate of drug-likeness (QED) is 0.640. The highest BCUT2D eigenvalue weighted by Crippen LogP contribution is 2.36. The average molecular weight is 417 g/mol. The van der Waals surface area contributed by atoms with Crippen LogP contribution in [0.4, 0.5) is 5.69 Å². The summed E-state index contributed by atoms with van der Waals surface area (Å²) in [6.07, 6.45) is 2.34. The minimum Gasteiger partial charge on any atom is -0.378 e. The summed E-state index contributed by atoms with van der Waals surface area (Å²) in [5.41, 5.74) is 2.64. The van der Waals surface area contributed by atoms with Crippen LogP contribution in [0.3, 0.4) is 0 Å². The fourth-order valence-corrected chi connectivity index (χ4v) is 5.04. The van der Waals surface area contributed by atoms with Crippen LogP contribution in [0.25, 0.3) is 10.9 Å². The molecule has 0 radical (unpaired) electrons. The Morgan fingerprint density at radius 3 is 2.50 bits per heavy atom. The third-order valence-electron chi connectivity index (χ3n) is 5.02. The number of aryl methyl sites for hydroxylation is 1. The minimum atomic E-state index is -3.75. The van der Waals surface area contributed by atoms with Gasteiger partial charge >= 0.3 is 0 Å². The Bertz CT molecular complexity index is 1110. The molecule has 1 saturated heterocycles. The maximum Gasteiger partial charge on any atom is 0.210 e. The largest absolute Gasteiger partial charge is 0.378 e. The second-order valence-electron chi connectivity index (χ2n) is 6.73. The monoisotopic (exact) mass is 416 g/mol. The minimum absolute atomic E-state index is 0.208. The number of hydrogen-bond acceptors (Lipinski definition) is 5. The molecular formula is C21H21ClN2O3S. The lowest BCUT2D eigenvalue weighted by atomic mass is 10.1. The molecule has 0 aliphatic carbocycles. The summed E-state index contributed by atoms with van der Waals surface area (Å²) in [5, 5.41) is 1.35. The molecular weight excluding hydrogens is 396 g/mol. The molecule has 7 heteroatoms. The van der Waals surface area contributed by atoms with Crippen molar-refractivity contribution >= 4 is 38.0 Å². The lowest BCUT2D eigenvalue weighted by molar-refractivity contribution is 0.122. The van der Waals surface area contributed by atoms with E-state index in [0.717, 1.165) is 22.9 Å². The zero-order valence-corrected chi connectivity index (χ0v) is 17.1. The lowest BCUT2D eigenvalue weighted by Crippen LogP contribution is -2.37. The van der Waals surface area contributed by atoms with E-state index in [1.807, 2.05) is 18.2 Å². The Labute approximate surface area is 169 Å². The summed E-state index contributed by atoms with van der Waals surface area (Å²) >= 11 is 5.94. The van der Waals surface area contributed by atoms with Gasteiger partial charge in [-0.25, -0.2) is 8.42 Å². The number of morpholine rings is 1. The van der Waals surface area contributed by atoms with Crippen LogP contribution in [0.1, 0.15) is 12.5 Å². The third kappa shape index (κ3) is 3.48. The van der Waals surface area contributed by atoms with Crippen LogP contribution in [-0.2, 0) is 21.0 Å². The Hall–Kier alpha value is -2.15. The van der Waals surface area contributed by atoms with E-state index in [9.17, 15) is 8.42 Å². The number of nitrogens with zero attached hydrogens (tertiary/aromatic N) is 2. The van der Waals surface area contributed by atoms with E-state index < -0.39 is 9.84 Å². The molecule has 0 amide bonds. The molecule has 0 bridgehead atoms. The Morgan fingerprint density at radius 1 is 1.11 bits per heavy atom. The van der Waals surface area contributed by atoms with E-state index in [1.54, 1.807) is 12.1 Å². The van der Waals surface area contributed by atoms with Gasteiger partial charge in [0.1, 0.15) is 4.90 Å². The van der Waals surface area contributed by atoms with Gasteiger partial charge in [0.25, 0.3) is 0 Å². The zero-order chi connectivity index (χ0) is 19.7. The highest BCUT2D eigenvalue weighted by molar-refractivity contribution is 7.91. The maximum atomic E-state index is 13.5. The normalized spacial score (nSPS) is 15.1. The van der Waals surface area contributed by atoms with Crippen LogP contribution in [0.2, 0.25) is 5.02 Å². The van der Waals surface area contributed by atoms with E-state index >= 15 is 0 Å². The summed E-state index contributed by atoms with van der Waals surface area (Å²) in [6.45, 7) is 4.49. The van der Waals surface area contributed by atoms with Gasteiger partial charge in [0.15, 0.2) is 0 Å². The number of halogens is 1. The summed E-state index contributed by atoms with van der Waals surface area (Å²) in [7, 11) is -3.75. The molecule has 0 unspecified atom stereocenters. The topological polar surface area (TPSA) is 59.5 Å². The molecule has 1 fully saturated rings. The van der Waals surface area contributed by atoms with Crippen LogP contribution < -0.4 is 4.90 Å². The maximum absolute atomic E-state index is 13.5. The smallest absolute Gasteiger partial charge is 0.210 e. The lowest BCUT2D eigenvalue weighted by Gasteiger charge is -2.31. The first-order chi connectivity index (χ1) is 13.5. The van der Waals surface area contributed by atoms with Crippen LogP contribution in [-0.4, -0.2) is 39.7 Å². The number of pyridine rings is 1. The van der Waals surface area contributed by atoms with E-state index in [0.29, 0.717) is 37.0 Å². The first kappa shape index (κ1) is 19.2. The average Bonchev–Trinajstić information content (AvgIpc) is 2.73. The van der Waals surface area contributed by atoms with Gasteiger partial charge in [-0.2, -0.15) is 0 Å². The molecule has 3 aromatic rings. The number of ether oxygens (including phenoxy) is 1. The number of aromatic nitrogens is 1. The molecule has 0 spiro atoms. The predicted octanol–water partition coefficient (Wildman–Crippen LogP) is 4.12. The Morgan fingerprint density at radius 2 is 1.82 bits per heavy atom. The predicted molar refractivity (Wildman–Crippen MR) is 111 cm³/mol. The van der Waals surface area contributed by atoms with Gasteiger partial charge in [-0.05, 0) is 48.4 Å². The molecule has 2 heterocycles. The van der Waals surface area contributed by atoms with Crippen LogP contribution in [0, 0.1) is 0 Å². The number of rotatable bonds is 4. The molecule has 146 valence electrons. The van der Waals surface area contributed by atoms with Crippen molar-refractivity contribution < 1.29 is 13.2 Å².